The van der Waals surface area contributed by atoms with Gasteiger partial charge in [0.15, 0.2) is 5.13 Å². The molecule has 0 aliphatic rings. The van der Waals surface area contributed by atoms with E-state index >= 15 is 0 Å². The molecular weight excluding hydrogens is 436 g/mol. The Morgan fingerprint density at radius 1 is 1.17 bits per heavy atom. The van der Waals surface area contributed by atoms with Crippen LogP contribution < -0.4 is 4.90 Å². The van der Waals surface area contributed by atoms with Gasteiger partial charge in [-0.05, 0) is 56.3 Å². The molecule has 0 saturated carbocycles. The number of benzene rings is 2. The molecule has 0 saturated heterocycles. The Bertz CT molecular complexity index is 1140. The van der Waals surface area contributed by atoms with Crippen LogP contribution in [0.1, 0.15) is 11.4 Å². The molecule has 30 heavy (non-hydrogen) atoms. The second-order valence-corrected chi connectivity index (χ2v) is 9.40. The summed E-state index contributed by atoms with van der Waals surface area (Å²) in [4.78, 5) is 20.7. The third kappa shape index (κ3) is 4.86. The zero-order valence-corrected chi connectivity index (χ0v) is 19.1. The molecule has 0 atom stereocenters. The fraction of sp³-hybridized carbons (Fsp3) is 0.227. The summed E-state index contributed by atoms with van der Waals surface area (Å²) in [5.41, 5.74) is 2.97. The molecule has 5 nitrogen and oxygen atoms in total. The fourth-order valence-corrected chi connectivity index (χ4v) is 5.06. The molecule has 8 heteroatoms. The molecule has 2 aromatic carbocycles. The van der Waals surface area contributed by atoms with Crippen molar-refractivity contribution in [3.05, 3.63) is 71.0 Å². The van der Waals surface area contributed by atoms with E-state index in [0.717, 1.165) is 31.6 Å². The van der Waals surface area contributed by atoms with Crippen molar-refractivity contribution in [1.82, 2.24) is 14.8 Å². The highest BCUT2D eigenvalue weighted by Crippen LogP contribution is 2.30. The maximum absolute atomic E-state index is 13.2. The lowest BCUT2D eigenvalue weighted by atomic mass is 10.3. The minimum absolute atomic E-state index is 0.0236. The van der Waals surface area contributed by atoms with E-state index in [1.165, 1.54) is 23.1 Å². The number of fused-ring (bicyclic) bond motifs is 1. The van der Waals surface area contributed by atoms with E-state index in [9.17, 15) is 4.79 Å². The standard InChI is InChI=1S/C22H21ClN4OS2/c1-15-13-16(2)27(25-15)12-11-26(22-24-19-5-3-4-6-20(19)30-22)21(28)14-29-18-9-7-17(23)8-10-18/h3-10,13H,11-12,14H2,1-2H3. The number of hydrogen-bond donors (Lipinski definition) is 0. The second kappa shape index (κ2) is 9.20. The summed E-state index contributed by atoms with van der Waals surface area (Å²) in [5.74, 6) is 0.352. The molecule has 0 fully saturated rings. The molecule has 0 unspecified atom stereocenters. The quantitative estimate of drug-likeness (QED) is 0.340. The van der Waals surface area contributed by atoms with E-state index in [4.69, 9.17) is 16.6 Å². The summed E-state index contributed by atoms with van der Waals surface area (Å²) in [6, 6.07) is 17.5. The zero-order chi connectivity index (χ0) is 21.1. The largest absolute Gasteiger partial charge is 0.285 e. The molecule has 0 aliphatic heterocycles. The van der Waals surface area contributed by atoms with Gasteiger partial charge in [0, 0.05) is 22.2 Å². The lowest BCUT2D eigenvalue weighted by molar-refractivity contribution is -0.116. The molecule has 1 amide bonds. The number of anilines is 1. The predicted molar refractivity (Wildman–Crippen MR) is 126 cm³/mol. The summed E-state index contributed by atoms with van der Waals surface area (Å²) in [7, 11) is 0. The van der Waals surface area contributed by atoms with Gasteiger partial charge < -0.3 is 0 Å². The number of thiazole rings is 1. The van der Waals surface area contributed by atoms with Gasteiger partial charge in [0.2, 0.25) is 5.91 Å². The van der Waals surface area contributed by atoms with Crippen LogP contribution in [-0.4, -0.2) is 33.0 Å². The number of para-hydroxylation sites is 1. The summed E-state index contributed by atoms with van der Waals surface area (Å²) < 4.78 is 3.01. The van der Waals surface area contributed by atoms with Crippen LogP contribution in [0.2, 0.25) is 5.02 Å². The Hall–Kier alpha value is -2.35. The molecule has 0 radical (unpaired) electrons. The van der Waals surface area contributed by atoms with Crippen molar-refractivity contribution in [3.63, 3.8) is 0 Å². The van der Waals surface area contributed by atoms with Crippen LogP contribution in [-0.2, 0) is 11.3 Å². The van der Waals surface area contributed by atoms with Crippen molar-refractivity contribution in [2.75, 3.05) is 17.2 Å². The summed E-state index contributed by atoms with van der Waals surface area (Å²) in [5, 5.41) is 5.93. The fourth-order valence-electron chi connectivity index (χ4n) is 3.15. The third-order valence-electron chi connectivity index (χ3n) is 4.63. The van der Waals surface area contributed by atoms with E-state index < -0.39 is 0 Å². The third-order valence-corrected chi connectivity index (χ3v) is 6.94. The van der Waals surface area contributed by atoms with Gasteiger partial charge in [-0.1, -0.05) is 35.1 Å². The Labute approximate surface area is 188 Å². The average Bonchev–Trinajstić information content (AvgIpc) is 3.30. The Balaban J connectivity index is 1.54. The maximum Gasteiger partial charge on any atom is 0.239 e. The number of carbonyl (C=O) groups is 1. The topological polar surface area (TPSA) is 51.0 Å². The van der Waals surface area contributed by atoms with Gasteiger partial charge in [0.05, 0.1) is 28.2 Å². The van der Waals surface area contributed by atoms with E-state index in [-0.39, 0.29) is 5.91 Å². The minimum atomic E-state index is 0.0236. The number of hydrogen-bond acceptors (Lipinski definition) is 5. The molecular formula is C22H21ClN4OS2. The van der Waals surface area contributed by atoms with Crippen molar-refractivity contribution in [2.45, 2.75) is 25.3 Å². The number of amides is 1. The van der Waals surface area contributed by atoms with Crippen LogP contribution in [0.25, 0.3) is 10.2 Å². The highest BCUT2D eigenvalue weighted by molar-refractivity contribution is 8.00. The van der Waals surface area contributed by atoms with E-state index in [2.05, 4.69) is 5.10 Å². The highest BCUT2D eigenvalue weighted by Gasteiger charge is 2.20. The SMILES string of the molecule is Cc1cc(C)n(CCN(C(=O)CSc2ccc(Cl)cc2)c2nc3ccccc3s2)n1. The minimum Gasteiger partial charge on any atom is -0.285 e. The van der Waals surface area contributed by atoms with E-state index in [1.807, 2.05) is 73.1 Å². The Morgan fingerprint density at radius 2 is 1.93 bits per heavy atom. The first-order valence-corrected chi connectivity index (χ1v) is 11.7. The molecule has 0 bridgehead atoms. The number of aromatic nitrogens is 3. The van der Waals surface area contributed by atoms with Gasteiger partial charge in [-0.3, -0.25) is 14.4 Å². The monoisotopic (exact) mass is 456 g/mol. The second-order valence-electron chi connectivity index (χ2n) is 6.90. The Kier molecular flexibility index (Phi) is 6.41. The van der Waals surface area contributed by atoms with Crippen LogP contribution in [0.4, 0.5) is 5.13 Å². The van der Waals surface area contributed by atoms with Gasteiger partial charge in [0.1, 0.15) is 0 Å². The number of aryl methyl sites for hydroxylation is 2. The first kappa shape index (κ1) is 20.9. The van der Waals surface area contributed by atoms with Crippen molar-refractivity contribution in [1.29, 1.82) is 0 Å². The number of carbonyl (C=O) groups excluding carboxylic acids is 1. The maximum atomic E-state index is 13.2. The average molecular weight is 457 g/mol. The number of nitrogens with zero attached hydrogens (tertiary/aromatic N) is 4. The van der Waals surface area contributed by atoms with Crippen LogP contribution in [0.15, 0.2) is 59.5 Å². The number of halogens is 1. The van der Waals surface area contributed by atoms with Crippen LogP contribution in [0, 0.1) is 13.8 Å². The predicted octanol–water partition coefficient (Wildman–Crippen LogP) is 5.59. The number of rotatable bonds is 7. The number of thioether (sulfide) groups is 1. The van der Waals surface area contributed by atoms with Gasteiger partial charge >= 0.3 is 0 Å². The van der Waals surface area contributed by atoms with Gasteiger partial charge in [0.25, 0.3) is 0 Å². The first-order valence-electron chi connectivity index (χ1n) is 9.55. The smallest absolute Gasteiger partial charge is 0.239 e. The van der Waals surface area contributed by atoms with Gasteiger partial charge in [-0.25, -0.2) is 4.98 Å². The normalized spacial score (nSPS) is 11.2. The van der Waals surface area contributed by atoms with Gasteiger partial charge in [-0.2, -0.15) is 5.10 Å². The molecule has 2 aromatic heterocycles. The molecule has 4 aromatic rings. The van der Waals surface area contributed by atoms with Crippen molar-refractivity contribution in [2.24, 2.45) is 0 Å². The molecule has 154 valence electrons. The van der Waals surface area contributed by atoms with Crippen LogP contribution in [0.5, 0.6) is 0 Å². The van der Waals surface area contributed by atoms with Gasteiger partial charge in [-0.15, -0.1) is 11.8 Å². The van der Waals surface area contributed by atoms with Crippen molar-refractivity contribution in [3.8, 4) is 0 Å². The lowest BCUT2D eigenvalue weighted by Crippen LogP contribution is -2.35. The van der Waals surface area contributed by atoms with Crippen LogP contribution in [0.3, 0.4) is 0 Å². The van der Waals surface area contributed by atoms with Crippen molar-refractivity contribution < 1.29 is 4.79 Å². The summed E-state index contributed by atoms with van der Waals surface area (Å²) >= 11 is 9.00. The highest BCUT2D eigenvalue weighted by atomic mass is 35.5. The van der Waals surface area contributed by atoms with E-state index in [0.29, 0.717) is 23.9 Å². The zero-order valence-electron chi connectivity index (χ0n) is 16.7. The molecule has 0 spiro atoms. The molecule has 0 aliphatic carbocycles. The lowest BCUT2D eigenvalue weighted by Gasteiger charge is -2.20. The molecule has 2 heterocycles. The summed E-state index contributed by atoms with van der Waals surface area (Å²) in [6.45, 7) is 5.14. The molecule has 4 rings (SSSR count). The first-order chi connectivity index (χ1) is 14.5. The van der Waals surface area contributed by atoms with Crippen LogP contribution >= 0.6 is 34.7 Å². The van der Waals surface area contributed by atoms with E-state index in [1.54, 1.807) is 4.90 Å². The summed E-state index contributed by atoms with van der Waals surface area (Å²) in [6.07, 6.45) is 0. The molecule has 0 N–H and O–H groups in total. The Morgan fingerprint density at radius 3 is 2.63 bits per heavy atom. The van der Waals surface area contributed by atoms with Crippen molar-refractivity contribution >= 4 is 56.0 Å².